The number of benzene rings is 4. The van der Waals surface area contributed by atoms with Gasteiger partial charge >= 0.3 is 0 Å². The first-order chi connectivity index (χ1) is 14.2. The highest BCUT2D eigenvalue weighted by Gasteiger charge is 2.14. The Kier molecular flexibility index (Phi) is 5.42. The van der Waals surface area contributed by atoms with E-state index in [-0.39, 0.29) is 12.4 Å². The van der Waals surface area contributed by atoms with Crippen LogP contribution in [0.2, 0.25) is 0 Å². The highest BCUT2D eigenvalue weighted by Crippen LogP contribution is 2.34. The van der Waals surface area contributed by atoms with E-state index >= 15 is 0 Å². The van der Waals surface area contributed by atoms with Gasteiger partial charge in [-0.3, -0.25) is 0 Å². The molecule has 0 amide bonds. The number of hydrogen-bond donors (Lipinski definition) is 1. The van der Waals surface area contributed by atoms with Crippen molar-refractivity contribution < 1.29 is 16.8 Å². The lowest BCUT2D eigenvalue weighted by Crippen LogP contribution is -3.00. The second-order valence-corrected chi connectivity index (χ2v) is 7.42. The molecule has 150 valence electrons. The van der Waals surface area contributed by atoms with Crippen molar-refractivity contribution in [2.75, 3.05) is 19.4 Å². The molecule has 3 aromatic rings. The number of halogens is 1. The lowest BCUT2D eigenvalue weighted by Gasteiger charge is -2.13. The minimum absolute atomic E-state index is 0. The summed E-state index contributed by atoms with van der Waals surface area (Å²) in [6.45, 7) is 0.752. The molecule has 2 aliphatic rings. The first-order valence-electron chi connectivity index (χ1n) is 9.73. The standard InChI is InChI=1S/C25H21N3O.ClH/c1-28(2)18-12-13-21-23(14-18)29-24-15-22(26-16-17-8-4-3-5-9-17)19-10-6-7-11-20(19)25(24)27-21;/h3-15H,16H2,1-2H3;1H. The third kappa shape index (κ3) is 3.62. The normalized spacial score (nSPS) is 10.9. The molecule has 5 rings (SSSR count). The molecular weight excluding hydrogens is 394 g/mol. The number of hydrogen-bond acceptors (Lipinski definition) is 3. The van der Waals surface area contributed by atoms with Crippen LogP contribution in [0.4, 0.5) is 5.69 Å². The van der Waals surface area contributed by atoms with Crippen LogP contribution in [0.3, 0.4) is 0 Å². The zero-order chi connectivity index (χ0) is 19.8. The average Bonchev–Trinajstić information content (AvgIpc) is 2.76. The third-order valence-corrected chi connectivity index (χ3v) is 5.22. The van der Waals surface area contributed by atoms with Crippen LogP contribution >= 0.6 is 0 Å². The minimum atomic E-state index is 0. The van der Waals surface area contributed by atoms with Gasteiger partial charge in [0.2, 0.25) is 5.36 Å². The first-order valence-corrected chi connectivity index (χ1v) is 9.73. The molecule has 0 spiro atoms. The quantitative estimate of drug-likeness (QED) is 0.277. The van der Waals surface area contributed by atoms with Crippen molar-refractivity contribution in [3.05, 3.63) is 89.8 Å². The smallest absolute Gasteiger partial charge is 0.203 e. The van der Waals surface area contributed by atoms with Crippen molar-refractivity contribution in [2.24, 2.45) is 0 Å². The summed E-state index contributed by atoms with van der Waals surface area (Å²) < 4.78 is 8.37. The van der Waals surface area contributed by atoms with Crippen molar-refractivity contribution >= 4 is 27.6 Å². The molecule has 1 aliphatic carbocycles. The fourth-order valence-corrected chi connectivity index (χ4v) is 3.66. The van der Waals surface area contributed by atoms with E-state index in [0.717, 1.165) is 50.9 Å². The molecule has 30 heavy (non-hydrogen) atoms. The molecule has 0 saturated heterocycles. The summed E-state index contributed by atoms with van der Waals surface area (Å²) in [4.78, 5) is 4.93. The molecule has 0 atom stereocenters. The summed E-state index contributed by atoms with van der Waals surface area (Å²) >= 11 is 0. The van der Waals surface area contributed by atoms with Gasteiger partial charge in [-0.2, -0.15) is 0 Å². The summed E-state index contributed by atoms with van der Waals surface area (Å²) in [7, 11) is 4.05. The van der Waals surface area contributed by atoms with Crippen LogP contribution in [-0.2, 0) is 6.54 Å². The average molecular weight is 416 g/mol. The topological polar surface area (TPSA) is 41.1 Å². The van der Waals surface area contributed by atoms with Gasteiger partial charge in [-0.05, 0) is 11.6 Å². The number of nitrogens with zero attached hydrogens (tertiary/aromatic N) is 2. The monoisotopic (exact) mass is 415 g/mol. The Morgan fingerprint density at radius 2 is 1.60 bits per heavy atom. The number of nitrogens with one attached hydrogen (secondary N) is 1. The molecule has 4 nitrogen and oxygen atoms in total. The van der Waals surface area contributed by atoms with Gasteiger partial charge < -0.3 is 22.1 Å². The summed E-state index contributed by atoms with van der Waals surface area (Å²) in [6, 6.07) is 26.9. The van der Waals surface area contributed by atoms with Gasteiger partial charge in [-0.1, -0.05) is 54.6 Å². The summed E-state index contributed by atoms with van der Waals surface area (Å²) in [6.07, 6.45) is 0. The highest BCUT2D eigenvalue weighted by molar-refractivity contribution is 6.10. The van der Waals surface area contributed by atoms with Gasteiger partial charge in [0.15, 0.2) is 11.3 Å². The molecule has 0 fully saturated rings. The largest absolute Gasteiger partial charge is 1.00 e. The number of anilines is 1. The maximum absolute atomic E-state index is 6.31. The Morgan fingerprint density at radius 3 is 2.37 bits per heavy atom. The van der Waals surface area contributed by atoms with Crippen LogP contribution in [0.15, 0.2) is 83.3 Å². The van der Waals surface area contributed by atoms with Gasteiger partial charge in [-0.15, -0.1) is 0 Å². The fourth-order valence-electron chi connectivity index (χ4n) is 3.66. The Morgan fingerprint density at radius 1 is 0.867 bits per heavy atom. The van der Waals surface area contributed by atoms with E-state index in [2.05, 4.69) is 64.5 Å². The molecule has 0 bridgehead atoms. The third-order valence-electron chi connectivity index (χ3n) is 5.22. The van der Waals surface area contributed by atoms with Crippen LogP contribution in [0, 0.1) is 0 Å². The van der Waals surface area contributed by atoms with E-state index in [1.807, 2.05) is 38.4 Å². The summed E-state index contributed by atoms with van der Waals surface area (Å²) in [5, 5.41) is 6.89. The molecule has 1 N–H and O–H groups in total. The summed E-state index contributed by atoms with van der Waals surface area (Å²) in [5.74, 6) is 0.785. The number of rotatable bonds is 3. The van der Waals surface area contributed by atoms with Gasteiger partial charge in [-0.25, -0.2) is 9.56 Å². The Hall–Kier alpha value is -3.37. The zero-order valence-corrected chi connectivity index (χ0v) is 17.6. The first kappa shape index (κ1) is 19.9. The zero-order valence-electron chi connectivity index (χ0n) is 16.9. The van der Waals surface area contributed by atoms with Gasteiger partial charge in [0.25, 0.3) is 0 Å². The van der Waals surface area contributed by atoms with Crippen molar-refractivity contribution in [2.45, 2.75) is 6.54 Å². The molecule has 0 saturated carbocycles. The van der Waals surface area contributed by atoms with Crippen LogP contribution in [0.1, 0.15) is 5.56 Å². The molecule has 3 aromatic carbocycles. The second-order valence-electron chi connectivity index (χ2n) is 7.42. The Bertz CT molecular complexity index is 1370. The predicted octanol–water partition coefficient (Wildman–Crippen LogP) is 1.73. The molecule has 5 heteroatoms. The van der Waals surface area contributed by atoms with E-state index < -0.39 is 0 Å². The highest BCUT2D eigenvalue weighted by atomic mass is 35.5. The molecule has 0 unspecified atom stereocenters. The van der Waals surface area contributed by atoms with Crippen molar-refractivity contribution in [3.63, 3.8) is 0 Å². The Balaban J connectivity index is 0.00000218. The fraction of sp³-hybridized carbons (Fsp3) is 0.120. The molecule has 0 radical (unpaired) electrons. The molecule has 1 aliphatic heterocycles. The van der Waals surface area contributed by atoms with E-state index in [1.54, 1.807) is 0 Å². The van der Waals surface area contributed by atoms with Crippen molar-refractivity contribution in [3.8, 4) is 11.5 Å². The van der Waals surface area contributed by atoms with E-state index in [4.69, 9.17) is 9.40 Å². The van der Waals surface area contributed by atoms with Crippen LogP contribution in [0.5, 0.6) is 0 Å². The Labute approximate surface area is 181 Å². The van der Waals surface area contributed by atoms with Gasteiger partial charge in [0.05, 0.1) is 6.07 Å². The molecule has 1 heterocycles. The number of fused-ring (bicyclic) bond motifs is 4. The summed E-state index contributed by atoms with van der Waals surface area (Å²) in [5.41, 5.74) is 4.81. The maximum Gasteiger partial charge on any atom is 0.203 e. The lowest BCUT2D eigenvalue weighted by molar-refractivity contribution is -0.00000625. The minimum Gasteiger partial charge on any atom is -1.00 e. The van der Waals surface area contributed by atoms with Crippen LogP contribution in [-0.4, -0.2) is 19.1 Å². The SMILES string of the molecule is C[N+](C)=c1ccc2nc3c(cc(NCc4ccccc4)c4ccccc43)oc-2c1.[Cl-]. The van der Waals surface area contributed by atoms with Gasteiger partial charge in [0.1, 0.15) is 25.3 Å². The predicted molar refractivity (Wildman–Crippen MR) is 119 cm³/mol. The maximum atomic E-state index is 6.31. The van der Waals surface area contributed by atoms with Gasteiger partial charge in [0, 0.05) is 35.1 Å². The van der Waals surface area contributed by atoms with E-state index in [9.17, 15) is 0 Å². The van der Waals surface area contributed by atoms with Crippen molar-refractivity contribution in [1.82, 2.24) is 9.56 Å². The van der Waals surface area contributed by atoms with E-state index in [1.165, 1.54) is 5.56 Å². The lowest BCUT2D eigenvalue weighted by atomic mass is 10.1. The number of aromatic nitrogens is 1. The second kappa shape index (κ2) is 8.17. The van der Waals surface area contributed by atoms with Crippen LogP contribution < -0.4 is 27.7 Å². The van der Waals surface area contributed by atoms with Crippen LogP contribution in [0.25, 0.3) is 33.3 Å². The molecular formula is C25H22ClN3O. The van der Waals surface area contributed by atoms with E-state index in [0.29, 0.717) is 0 Å². The van der Waals surface area contributed by atoms with Crippen molar-refractivity contribution in [1.29, 1.82) is 0 Å². The molecule has 0 aromatic heterocycles.